The third-order valence-corrected chi connectivity index (χ3v) is 7.16. The van der Waals surface area contributed by atoms with Crippen molar-refractivity contribution >= 4 is 49.7 Å². The number of nitrogens with one attached hydrogen (secondary N) is 2. The van der Waals surface area contributed by atoms with Crippen molar-refractivity contribution in [3.63, 3.8) is 0 Å². The second kappa shape index (κ2) is 7.85. The molecule has 1 saturated heterocycles. The van der Waals surface area contributed by atoms with Crippen molar-refractivity contribution in [2.24, 2.45) is 5.41 Å². The van der Waals surface area contributed by atoms with E-state index in [4.69, 9.17) is 4.74 Å². The summed E-state index contributed by atoms with van der Waals surface area (Å²) in [7, 11) is 1.57. The first-order chi connectivity index (χ1) is 16.8. The van der Waals surface area contributed by atoms with E-state index in [2.05, 4.69) is 44.1 Å². The molecule has 5 aromatic heterocycles. The molecule has 0 unspecified atom stereocenters. The number of pyridine rings is 3. The Kier molecular flexibility index (Phi) is 4.87. The smallest absolute Gasteiger partial charge is 0.261 e. The van der Waals surface area contributed by atoms with Crippen LogP contribution in [-0.4, -0.2) is 62.1 Å². The Bertz CT molecular complexity index is 1680. The number of amides is 1. The Morgan fingerprint density at radius 2 is 2.11 bits per heavy atom. The van der Waals surface area contributed by atoms with Crippen molar-refractivity contribution in [2.45, 2.75) is 13.8 Å². The van der Waals surface area contributed by atoms with E-state index in [-0.39, 0.29) is 16.9 Å². The van der Waals surface area contributed by atoms with Crippen molar-refractivity contribution in [1.29, 1.82) is 0 Å². The minimum Gasteiger partial charge on any atom is -0.481 e. The molecule has 1 aliphatic rings. The van der Waals surface area contributed by atoms with Gasteiger partial charge in [-0.1, -0.05) is 19.9 Å². The third kappa shape index (κ3) is 3.82. The molecule has 5 aromatic rings. The molecular weight excluding hydrogens is 466 g/mol. The lowest BCUT2D eigenvalue weighted by Crippen LogP contribution is -2.54. The van der Waals surface area contributed by atoms with Gasteiger partial charge in [0, 0.05) is 25.4 Å². The molecule has 0 bridgehead atoms. The quantitative estimate of drug-likeness (QED) is 0.389. The highest BCUT2D eigenvalue weighted by Crippen LogP contribution is 2.33. The van der Waals surface area contributed by atoms with Crippen LogP contribution in [0.5, 0.6) is 5.88 Å². The first kappa shape index (κ1) is 21.7. The second-order valence-corrected chi connectivity index (χ2v) is 10.6. The number of ether oxygens (including phenoxy) is 1. The zero-order chi connectivity index (χ0) is 24.3. The third-order valence-electron chi connectivity index (χ3n) is 6.04. The summed E-state index contributed by atoms with van der Waals surface area (Å²) in [6, 6.07) is 7.26. The van der Waals surface area contributed by atoms with Gasteiger partial charge in [0.25, 0.3) is 5.56 Å². The fourth-order valence-corrected chi connectivity index (χ4v) is 5.74. The van der Waals surface area contributed by atoms with Crippen LogP contribution >= 0.6 is 11.3 Å². The van der Waals surface area contributed by atoms with Crippen molar-refractivity contribution < 1.29 is 9.53 Å². The van der Waals surface area contributed by atoms with E-state index in [1.807, 2.05) is 18.3 Å². The SMILES string of the molecule is COc1cccc(-c2cn3nc4c5ncc(NC(=O)CN6CC(C)(C)C6)cc5[nH]c(=O)c4c3s2)n1. The average Bonchev–Trinajstić information content (AvgIpc) is 3.36. The van der Waals surface area contributed by atoms with Crippen molar-refractivity contribution in [3.8, 4) is 16.5 Å². The van der Waals surface area contributed by atoms with Crippen molar-refractivity contribution in [3.05, 3.63) is 47.0 Å². The number of carbonyl (C=O) groups excluding carboxylic acids is 1. The van der Waals surface area contributed by atoms with E-state index in [1.54, 1.807) is 30.0 Å². The normalized spacial score (nSPS) is 15.5. The Balaban J connectivity index is 1.33. The molecule has 1 amide bonds. The minimum atomic E-state index is -0.261. The number of H-pyrrole nitrogens is 1. The standard InChI is InChI=1S/C24H23N7O3S/c1-24(2)11-30(12-24)10-17(32)26-13-7-15-20(25-8-13)21-19(22(33)28-15)23-31(29-21)9-16(35-23)14-5-4-6-18(27-14)34-3/h4-9H,10-12H2,1-3H3,(H,26,32)(H,28,33). The number of aromatic nitrogens is 5. The molecule has 11 heteroatoms. The molecule has 0 spiro atoms. The highest BCUT2D eigenvalue weighted by molar-refractivity contribution is 7.21. The topological polar surface area (TPSA) is 118 Å². The Hall–Kier alpha value is -3.83. The van der Waals surface area contributed by atoms with E-state index in [9.17, 15) is 9.59 Å². The predicted octanol–water partition coefficient (Wildman–Crippen LogP) is 3.14. The number of fused-ring (bicyclic) bond motifs is 5. The van der Waals surface area contributed by atoms with E-state index in [0.29, 0.717) is 44.9 Å². The van der Waals surface area contributed by atoms with Crippen molar-refractivity contribution in [1.82, 2.24) is 29.5 Å². The van der Waals surface area contributed by atoms with Gasteiger partial charge in [-0.15, -0.1) is 11.3 Å². The van der Waals surface area contributed by atoms with E-state index >= 15 is 0 Å². The summed E-state index contributed by atoms with van der Waals surface area (Å²) in [5.41, 5.74) is 2.88. The number of carbonyl (C=O) groups is 1. The average molecular weight is 490 g/mol. The Labute approximate surface area is 203 Å². The van der Waals surface area contributed by atoms with Crippen LogP contribution in [-0.2, 0) is 4.79 Å². The first-order valence-corrected chi connectivity index (χ1v) is 12.0. The maximum Gasteiger partial charge on any atom is 0.261 e. The fourth-order valence-electron chi connectivity index (χ4n) is 4.68. The molecule has 1 aliphatic heterocycles. The molecule has 6 rings (SSSR count). The molecular formula is C24H23N7O3S. The van der Waals surface area contributed by atoms with Gasteiger partial charge in [-0.25, -0.2) is 9.50 Å². The lowest BCUT2D eigenvalue weighted by Gasteiger charge is -2.45. The lowest BCUT2D eigenvalue weighted by molar-refractivity contribution is -0.120. The van der Waals surface area contributed by atoms with Gasteiger partial charge in [-0.3, -0.25) is 19.5 Å². The van der Waals surface area contributed by atoms with Crippen LogP contribution in [0.2, 0.25) is 0 Å². The molecule has 0 atom stereocenters. The summed E-state index contributed by atoms with van der Waals surface area (Å²) in [4.78, 5) is 41.0. The zero-order valence-electron chi connectivity index (χ0n) is 19.5. The van der Waals surface area contributed by atoms with Gasteiger partial charge in [0.1, 0.15) is 21.3 Å². The number of likely N-dealkylation sites (tertiary alicyclic amines) is 1. The molecule has 6 heterocycles. The Morgan fingerprint density at radius 3 is 2.89 bits per heavy atom. The number of hydrogen-bond acceptors (Lipinski definition) is 8. The monoisotopic (exact) mass is 489 g/mol. The maximum atomic E-state index is 13.0. The molecule has 10 nitrogen and oxygen atoms in total. The number of aromatic amines is 1. The second-order valence-electron chi connectivity index (χ2n) is 9.57. The number of hydrogen-bond donors (Lipinski definition) is 2. The van der Waals surface area contributed by atoms with E-state index < -0.39 is 0 Å². The van der Waals surface area contributed by atoms with Gasteiger partial charge < -0.3 is 15.0 Å². The highest BCUT2D eigenvalue weighted by atomic mass is 32.1. The number of methoxy groups -OCH3 is 1. The number of nitrogens with zero attached hydrogens (tertiary/aromatic N) is 5. The molecule has 35 heavy (non-hydrogen) atoms. The number of anilines is 1. The lowest BCUT2D eigenvalue weighted by atomic mass is 9.84. The summed E-state index contributed by atoms with van der Waals surface area (Å²) in [6.07, 6.45) is 3.44. The van der Waals surface area contributed by atoms with Crippen LogP contribution in [0.1, 0.15) is 13.8 Å². The highest BCUT2D eigenvalue weighted by Gasteiger charge is 2.34. The van der Waals surface area contributed by atoms with Crippen LogP contribution in [0.4, 0.5) is 5.69 Å². The molecule has 0 aliphatic carbocycles. The van der Waals surface area contributed by atoms with E-state index in [0.717, 1.165) is 23.7 Å². The van der Waals surface area contributed by atoms with Crippen molar-refractivity contribution in [2.75, 3.05) is 32.1 Å². The van der Waals surface area contributed by atoms with Gasteiger partial charge in [-0.2, -0.15) is 5.10 Å². The van der Waals surface area contributed by atoms with Gasteiger partial charge >= 0.3 is 0 Å². The fraction of sp³-hybridized carbons (Fsp3) is 0.292. The number of rotatable bonds is 5. The van der Waals surface area contributed by atoms with Crippen LogP contribution in [0, 0.1) is 5.41 Å². The zero-order valence-corrected chi connectivity index (χ0v) is 20.3. The minimum absolute atomic E-state index is 0.105. The van der Waals surface area contributed by atoms with Gasteiger partial charge in [-0.05, 0) is 17.5 Å². The van der Waals surface area contributed by atoms with E-state index in [1.165, 1.54) is 11.3 Å². The van der Waals surface area contributed by atoms with Crippen LogP contribution < -0.4 is 15.6 Å². The summed E-state index contributed by atoms with van der Waals surface area (Å²) in [5, 5.41) is 8.00. The molecule has 1 fully saturated rings. The van der Waals surface area contributed by atoms with Gasteiger partial charge in [0.05, 0.1) is 41.6 Å². The summed E-state index contributed by atoms with van der Waals surface area (Å²) < 4.78 is 6.90. The maximum absolute atomic E-state index is 13.0. The largest absolute Gasteiger partial charge is 0.481 e. The van der Waals surface area contributed by atoms with Gasteiger partial charge in [0.2, 0.25) is 11.8 Å². The summed E-state index contributed by atoms with van der Waals surface area (Å²) in [6.45, 7) is 6.49. The van der Waals surface area contributed by atoms with Gasteiger partial charge in [0.15, 0.2) is 0 Å². The number of thiazole rings is 1. The van der Waals surface area contributed by atoms with Crippen LogP contribution in [0.25, 0.3) is 37.3 Å². The van der Waals surface area contributed by atoms with Crippen LogP contribution in [0.3, 0.4) is 0 Å². The molecule has 2 N–H and O–H groups in total. The molecule has 0 saturated carbocycles. The molecule has 0 radical (unpaired) electrons. The predicted molar refractivity (Wildman–Crippen MR) is 135 cm³/mol. The summed E-state index contributed by atoms with van der Waals surface area (Å²) in [5.74, 6) is 0.411. The molecule has 0 aromatic carbocycles. The van der Waals surface area contributed by atoms with Crippen LogP contribution in [0.15, 0.2) is 41.5 Å². The molecule has 178 valence electrons. The Morgan fingerprint density at radius 1 is 1.29 bits per heavy atom. The first-order valence-electron chi connectivity index (χ1n) is 11.2. The summed E-state index contributed by atoms with van der Waals surface area (Å²) >= 11 is 1.43.